The first kappa shape index (κ1) is 15.9. The van der Waals surface area contributed by atoms with E-state index in [0.29, 0.717) is 18.9 Å². The molecule has 3 aliphatic rings. The molecular weight excluding hydrogens is 330 g/mol. The molecule has 2 aromatic rings. The van der Waals surface area contributed by atoms with Crippen LogP contribution in [0.1, 0.15) is 43.8 Å². The number of fused-ring (bicyclic) bond motifs is 1. The summed E-state index contributed by atoms with van der Waals surface area (Å²) in [6.45, 7) is 2.09. The topological polar surface area (TPSA) is 59.8 Å². The first-order chi connectivity index (χ1) is 12.6. The van der Waals surface area contributed by atoms with E-state index >= 15 is 0 Å². The highest BCUT2D eigenvalue weighted by Crippen LogP contribution is 2.52. The van der Waals surface area contributed by atoms with Crippen molar-refractivity contribution < 1.29 is 18.7 Å². The largest absolute Gasteiger partial charge is 0.465 e. The third-order valence-corrected chi connectivity index (χ3v) is 6.42. The SMILES string of the molecule is O=C1CC2(CO1)CC(C(=O)N1CCC(c3cc4ccccc4o3)CC1)C2. The normalized spacial score (nSPS) is 29.2. The molecule has 0 radical (unpaired) electrons. The molecule has 5 rings (SSSR count). The summed E-state index contributed by atoms with van der Waals surface area (Å²) in [6, 6.07) is 10.2. The number of cyclic esters (lactones) is 1. The Hall–Kier alpha value is -2.30. The summed E-state index contributed by atoms with van der Waals surface area (Å²) in [5, 5.41) is 1.15. The first-order valence-corrected chi connectivity index (χ1v) is 9.55. The van der Waals surface area contributed by atoms with Crippen LogP contribution in [-0.2, 0) is 14.3 Å². The highest BCUT2D eigenvalue weighted by molar-refractivity contribution is 5.81. The number of hydrogen-bond acceptors (Lipinski definition) is 4. The second-order valence-electron chi connectivity index (χ2n) is 8.23. The molecule has 26 heavy (non-hydrogen) atoms. The van der Waals surface area contributed by atoms with Crippen LogP contribution in [0.3, 0.4) is 0 Å². The predicted octanol–water partition coefficient (Wildman–Crippen LogP) is 3.48. The number of ether oxygens (including phenoxy) is 1. The van der Waals surface area contributed by atoms with Crippen LogP contribution in [0.25, 0.3) is 11.0 Å². The van der Waals surface area contributed by atoms with Crippen LogP contribution in [0.5, 0.6) is 0 Å². The number of amides is 1. The van der Waals surface area contributed by atoms with Gasteiger partial charge in [-0.25, -0.2) is 0 Å². The predicted molar refractivity (Wildman–Crippen MR) is 95.5 cm³/mol. The van der Waals surface area contributed by atoms with E-state index in [1.165, 1.54) is 0 Å². The Labute approximate surface area is 152 Å². The third-order valence-electron chi connectivity index (χ3n) is 6.42. The number of rotatable bonds is 2. The molecule has 1 spiro atoms. The number of hydrogen-bond donors (Lipinski definition) is 0. The van der Waals surface area contributed by atoms with E-state index in [2.05, 4.69) is 12.1 Å². The Morgan fingerprint density at radius 2 is 1.92 bits per heavy atom. The zero-order chi connectivity index (χ0) is 17.7. The van der Waals surface area contributed by atoms with Gasteiger partial charge in [-0.05, 0) is 37.8 Å². The lowest BCUT2D eigenvalue weighted by molar-refractivity contribution is -0.144. The van der Waals surface area contributed by atoms with Gasteiger partial charge in [0, 0.05) is 35.7 Å². The number of carbonyl (C=O) groups is 2. The van der Waals surface area contributed by atoms with Gasteiger partial charge in [0.15, 0.2) is 0 Å². The summed E-state index contributed by atoms with van der Waals surface area (Å²) in [5.74, 6) is 1.66. The number of furan rings is 1. The lowest BCUT2D eigenvalue weighted by Crippen LogP contribution is -2.49. The summed E-state index contributed by atoms with van der Waals surface area (Å²) in [5.41, 5.74) is 0.901. The number of nitrogens with zero attached hydrogens (tertiary/aromatic N) is 1. The van der Waals surface area contributed by atoms with E-state index in [4.69, 9.17) is 9.15 Å². The van der Waals surface area contributed by atoms with Gasteiger partial charge in [0.05, 0.1) is 13.0 Å². The van der Waals surface area contributed by atoms with Gasteiger partial charge in [-0.15, -0.1) is 0 Å². The molecule has 2 aliphatic heterocycles. The Morgan fingerprint density at radius 3 is 2.62 bits per heavy atom. The third kappa shape index (κ3) is 2.61. The smallest absolute Gasteiger partial charge is 0.306 e. The molecule has 1 saturated carbocycles. The molecule has 5 nitrogen and oxygen atoms in total. The molecule has 1 amide bonds. The molecule has 3 fully saturated rings. The number of carbonyl (C=O) groups excluding carboxylic acids is 2. The Balaban J connectivity index is 1.18. The summed E-state index contributed by atoms with van der Waals surface area (Å²) < 4.78 is 11.1. The minimum absolute atomic E-state index is 0.0377. The van der Waals surface area contributed by atoms with Crippen molar-refractivity contribution in [1.82, 2.24) is 4.90 Å². The van der Waals surface area contributed by atoms with E-state index in [0.717, 1.165) is 55.5 Å². The fourth-order valence-electron chi connectivity index (χ4n) is 4.91. The fraction of sp³-hybridized carbons (Fsp3) is 0.524. The first-order valence-electron chi connectivity index (χ1n) is 9.55. The molecule has 2 saturated heterocycles. The van der Waals surface area contributed by atoms with Crippen molar-refractivity contribution in [1.29, 1.82) is 0 Å². The number of likely N-dealkylation sites (tertiary alicyclic amines) is 1. The number of piperidine rings is 1. The lowest BCUT2D eigenvalue weighted by atomic mass is 9.61. The van der Waals surface area contributed by atoms with Gasteiger partial charge in [-0.1, -0.05) is 18.2 Å². The lowest BCUT2D eigenvalue weighted by Gasteiger charge is -2.44. The van der Waals surface area contributed by atoms with Crippen LogP contribution in [0.4, 0.5) is 0 Å². The quantitative estimate of drug-likeness (QED) is 0.776. The maximum atomic E-state index is 12.8. The second kappa shape index (κ2) is 5.86. The molecule has 1 aliphatic carbocycles. The Kier molecular flexibility index (Phi) is 3.59. The molecule has 1 aromatic heterocycles. The molecule has 0 bridgehead atoms. The fourth-order valence-corrected chi connectivity index (χ4v) is 4.91. The van der Waals surface area contributed by atoms with Crippen LogP contribution >= 0.6 is 0 Å². The monoisotopic (exact) mass is 353 g/mol. The van der Waals surface area contributed by atoms with Gasteiger partial charge in [-0.2, -0.15) is 0 Å². The molecule has 3 heterocycles. The van der Waals surface area contributed by atoms with Crippen LogP contribution < -0.4 is 0 Å². The van der Waals surface area contributed by atoms with Gasteiger partial charge in [0.25, 0.3) is 0 Å². The van der Waals surface area contributed by atoms with Crippen molar-refractivity contribution >= 4 is 22.8 Å². The van der Waals surface area contributed by atoms with Crippen molar-refractivity contribution in [3.05, 3.63) is 36.1 Å². The number of esters is 1. The molecule has 0 unspecified atom stereocenters. The molecule has 136 valence electrons. The van der Waals surface area contributed by atoms with Crippen LogP contribution in [0.2, 0.25) is 0 Å². The van der Waals surface area contributed by atoms with E-state index in [1.54, 1.807) is 0 Å². The van der Waals surface area contributed by atoms with Crippen LogP contribution in [0, 0.1) is 11.3 Å². The summed E-state index contributed by atoms with van der Waals surface area (Å²) in [4.78, 5) is 26.1. The van der Waals surface area contributed by atoms with Gasteiger partial charge in [0.1, 0.15) is 11.3 Å². The van der Waals surface area contributed by atoms with E-state index < -0.39 is 0 Å². The minimum Gasteiger partial charge on any atom is -0.465 e. The summed E-state index contributed by atoms with van der Waals surface area (Å²) in [7, 11) is 0. The van der Waals surface area contributed by atoms with Crippen LogP contribution in [-0.4, -0.2) is 36.5 Å². The Bertz CT molecular complexity index is 823. The maximum Gasteiger partial charge on any atom is 0.306 e. The standard InChI is InChI=1S/C21H23NO4/c23-19-12-21(13-25-19)10-16(11-21)20(24)22-7-5-14(6-8-22)18-9-15-3-1-2-4-17(15)26-18/h1-4,9,14,16H,5-8,10-13H2. The van der Waals surface area contributed by atoms with Crippen molar-refractivity contribution in [3.63, 3.8) is 0 Å². The molecule has 5 heteroatoms. The zero-order valence-electron chi connectivity index (χ0n) is 14.8. The van der Waals surface area contributed by atoms with Gasteiger partial charge < -0.3 is 14.1 Å². The van der Waals surface area contributed by atoms with Gasteiger partial charge in [-0.3, -0.25) is 9.59 Å². The molecule has 0 N–H and O–H groups in total. The van der Waals surface area contributed by atoms with Gasteiger partial charge >= 0.3 is 5.97 Å². The van der Waals surface area contributed by atoms with Crippen LogP contribution in [0.15, 0.2) is 34.7 Å². The number of para-hydroxylation sites is 1. The minimum atomic E-state index is -0.109. The number of benzene rings is 1. The van der Waals surface area contributed by atoms with Crippen molar-refractivity contribution in [2.45, 2.75) is 38.0 Å². The van der Waals surface area contributed by atoms with E-state index in [-0.39, 0.29) is 23.2 Å². The second-order valence-corrected chi connectivity index (χ2v) is 8.23. The van der Waals surface area contributed by atoms with Gasteiger partial charge in [0.2, 0.25) is 5.91 Å². The summed E-state index contributed by atoms with van der Waals surface area (Å²) in [6.07, 6.45) is 4.00. The molecule has 0 atom stereocenters. The van der Waals surface area contributed by atoms with E-state index in [1.807, 2.05) is 23.1 Å². The Morgan fingerprint density at radius 1 is 1.15 bits per heavy atom. The summed E-state index contributed by atoms with van der Waals surface area (Å²) >= 11 is 0. The molecular formula is C21H23NO4. The van der Waals surface area contributed by atoms with Crippen molar-refractivity contribution in [2.75, 3.05) is 19.7 Å². The molecule has 1 aromatic carbocycles. The highest BCUT2D eigenvalue weighted by atomic mass is 16.5. The van der Waals surface area contributed by atoms with Crippen molar-refractivity contribution in [2.24, 2.45) is 11.3 Å². The highest BCUT2D eigenvalue weighted by Gasteiger charge is 2.53. The maximum absolute atomic E-state index is 12.8. The zero-order valence-corrected chi connectivity index (χ0v) is 14.8. The average molecular weight is 353 g/mol. The van der Waals surface area contributed by atoms with E-state index in [9.17, 15) is 9.59 Å². The average Bonchev–Trinajstić information content (AvgIpc) is 3.23. The van der Waals surface area contributed by atoms with Crippen molar-refractivity contribution in [3.8, 4) is 0 Å².